The van der Waals surface area contributed by atoms with Crippen molar-refractivity contribution in [1.82, 2.24) is 0 Å². The average Bonchev–Trinajstić information content (AvgIpc) is 3.24. The molecule has 2 N–H and O–H groups in total. The Morgan fingerprint density at radius 2 is 0.607 bits per heavy atom. The summed E-state index contributed by atoms with van der Waals surface area (Å²) in [6, 6.07) is 60.3. The number of phenolic OH excluding ortho intramolecular Hbond substituents is 2. The summed E-state index contributed by atoms with van der Waals surface area (Å²) in [6.07, 6.45) is 1.08. The van der Waals surface area contributed by atoms with E-state index in [1.165, 1.54) is 64.6 Å². The first-order valence-corrected chi connectivity index (χ1v) is 19.4. The van der Waals surface area contributed by atoms with Gasteiger partial charge in [-0.05, 0) is 121 Å². The summed E-state index contributed by atoms with van der Waals surface area (Å²) in [5, 5.41) is 43.9. The van der Waals surface area contributed by atoms with Crippen molar-refractivity contribution in [3.63, 3.8) is 0 Å². The van der Waals surface area contributed by atoms with Crippen LogP contribution in [0.25, 0.3) is 97.3 Å². The Hall–Kier alpha value is -7.16. The second-order valence-electron chi connectivity index (χ2n) is 15.5. The predicted molar refractivity (Wildman–Crippen MR) is 236 cm³/mol. The van der Waals surface area contributed by atoms with Gasteiger partial charge in [0.2, 0.25) is 0 Å². The standard InChI is InChI=1S/C54H34O2/c55-53-41(29-39-21-19-35-17-15-31-9-5-11-33-23-25-45(39)49(35)47(31)33)27-37-7-1-3-13-43(37)51(53)52-44-14-4-2-8-38(44)28-42(54(52)56)30-40-22-20-36-18-16-32-10-6-12-34-24-26-46(40)50(36)48(32)34/h1-28,55-56H,29-30H2. The lowest BCUT2D eigenvalue weighted by Crippen LogP contribution is -1.98. The molecule has 262 valence electrons. The van der Waals surface area contributed by atoms with Crippen molar-refractivity contribution < 1.29 is 10.2 Å². The van der Waals surface area contributed by atoms with Crippen LogP contribution < -0.4 is 0 Å². The molecule has 0 saturated heterocycles. The van der Waals surface area contributed by atoms with Gasteiger partial charge in [0.15, 0.2) is 0 Å². The Morgan fingerprint density at radius 3 is 1.04 bits per heavy atom. The lowest BCUT2D eigenvalue weighted by Gasteiger charge is -2.20. The number of aromatic hydroxyl groups is 2. The molecular weight excluding hydrogens is 681 g/mol. The number of hydrogen-bond acceptors (Lipinski definition) is 2. The second kappa shape index (κ2) is 11.7. The number of rotatable bonds is 5. The maximum atomic E-state index is 12.6. The fraction of sp³-hybridized carbons (Fsp3) is 0.0370. The SMILES string of the molecule is Oc1c(Cc2ccc3ccc4cccc5ccc2c3c45)cc2ccccc2c1-c1c(O)c(Cc2ccc3ccc4cccc5ccc2c3c45)cc2ccccc12. The maximum Gasteiger partial charge on any atom is 0.127 e. The van der Waals surface area contributed by atoms with Crippen LogP contribution in [0.15, 0.2) is 170 Å². The van der Waals surface area contributed by atoms with E-state index in [2.05, 4.69) is 146 Å². The molecule has 12 aromatic rings. The van der Waals surface area contributed by atoms with Crippen LogP contribution in [-0.4, -0.2) is 10.2 Å². The molecule has 0 fully saturated rings. The van der Waals surface area contributed by atoms with E-state index in [0.29, 0.717) is 24.0 Å². The molecule has 0 aromatic heterocycles. The summed E-state index contributed by atoms with van der Waals surface area (Å²) >= 11 is 0. The molecule has 0 aliphatic carbocycles. The first kappa shape index (κ1) is 31.2. The van der Waals surface area contributed by atoms with Crippen LogP contribution >= 0.6 is 0 Å². The quantitative estimate of drug-likeness (QED) is 0.174. The van der Waals surface area contributed by atoms with Crippen LogP contribution in [0.1, 0.15) is 22.3 Å². The summed E-state index contributed by atoms with van der Waals surface area (Å²) in [7, 11) is 0. The number of phenols is 2. The Labute approximate surface area is 322 Å². The molecule has 56 heavy (non-hydrogen) atoms. The minimum absolute atomic E-state index is 0.203. The van der Waals surface area contributed by atoms with Crippen LogP contribution in [-0.2, 0) is 12.8 Å². The first-order valence-electron chi connectivity index (χ1n) is 19.4. The van der Waals surface area contributed by atoms with E-state index in [9.17, 15) is 10.2 Å². The van der Waals surface area contributed by atoms with Crippen molar-refractivity contribution in [2.45, 2.75) is 12.8 Å². The van der Waals surface area contributed by atoms with E-state index in [0.717, 1.165) is 43.8 Å². The minimum Gasteiger partial charge on any atom is -0.507 e. The summed E-state index contributed by atoms with van der Waals surface area (Å²) in [6.45, 7) is 0. The van der Waals surface area contributed by atoms with Crippen LogP contribution in [0.4, 0.5) is 0 Å². The van der Waals surface area contributed by atoms with Gasteiger partial charge in [-0.3, -0.25) is 0 Å². The summed E-state index contributed by atoms with van der Waals surface area (Å²) < 4.78 is 0. The first-order chi connectivity index (χ1) is 27.6. The normalized spacial score (nSPS) is 12.2. The lowest BCUT2D eigenvalue weighted by atomic mass is 9.85. The van der Waals surface area contributed by atoms with Crippen molar-refractivity contribution in [3.8, 4) is 22.6 Å². The Kier molecular flexibility index (Phi) is 6.50. The largest absolute Gasteiger partial charge is 0.507 e. The van der Waals surface area contributed by atoms with Gasteiger partial charge in [-0.15, -0.1) is 0 Å². The monoisotopic (exact) mass is 714 g/mol. The molecule has 0 aliphatic rings. The van der Waals surface area contributed by atoms with E-state index in [1.54, 1.807) is 0 Å². The van der Waals surface area contributed by atoms with Crippen molar-refractivity contribution in [3.05, 3.63) is 192 Å². The minimum atomic E-state index is 0.203. The van der Waals surface area contributed by atoms with Gasteiger partial charge in [-0.25, -0.2) is 0 Å². The molecule has 0 radical (unpaired) electrons. The van der Waals surface area contributed by atoms with Crippen molar-refractivity contribution in [2.24, 2.45) is 0 Å². The van der Waals surface area contributed by atoms with E-state index < -0.39 is 0 Å². The highest BCUT2D eigenvalue weighted by Crippen LogP contribution is 2.49. The van der Waals surface area contributed by atoms with Crippen LogP contribution in [0.3, 0.4) is 0 Å². The van der Waals surface area contributed by atoms with E-state index in [4.69, 9.17) is 0 Å². The maximum absolute atomic E-state index is 12.6. The number of hydrogen-bond donors (Lipinski definition) is 2. The average molecular weight is 715 g/mol. The van der Waals surface area contributed by atoms with E-state index in [1.807, 2.05) is 24.3 Å². The molecule has 12 aromatic carbocycles. The zero-order chi connectivity index (χ0) is 37.1. The summed E-state index contributed by atoms with van der Waals surface area (Å²) in [4.78, 5) is 0. The smallest absolute Gasteiger partial charge is 0.127 e. The van der Waals surface area contributed by atoms with Crippen LogP contribution in [0, 0.1) is 0 Å². The van der Waals surface area contributed by atoms with Gasteiger partial charge in [0.1, 0.15) is 11.5 Å². The van der Waals surface area contributed by atoms with Gasteiger partial charge < -0.3 is 10.2 Å². The van der Waals surface area contributed by atoms with E-state index >= 15 is 0 Å². The third-order valence-corrected chi connectivity index (χ3v) is 12.5. The molecule has 0 bridgehead atoms. The molecule has 0 unspecified atom stereocenters. The van der Waals surface area contributed by atoms with Gasteiger partial charge in [0.05, 0.1) is 0 Å². The molecule has 0 heterocycles. The molecule has 0 spiro atoms. The van der Waals surface area contributed by atoms with Gasteiger partial charge >= 0.3 is 0 Å². The third kappa shape index (κ3) is 4.44. The zero-order valence-electron chi connectivity index (χ0n) is 30.5. The molecule has 2 nitrogen and oxygen atoms in total. The van der Waals surface area contributed by atoms with Crippen molar-refractivity contribution in [2.75, 3.05) is 0 Å². The number of fused-ring (bicyclic) bond motifs is 2. The fourth-order valence-electron chi connectivity index (χ4n) is 9.88. The molecule has 0 atom stereocenters. The highest BCUT2D eigenvalue weighted by atomic mass is 16.3. The molecule has 0 amide bonds. The second-order valence-corrected chi connectivity index (χ2v) is 15.5. The van der Waals surface area contributed by atoms with Gasteiger partial charge in [0, 0.05) is 24.0 Å². The molecule has 0 saturated carbocycles. The highest BCUT2D eigenvalue weighted by Gasteiger charge is 2.24. The topological polar surface area (TPSA) is 40.5 Å². The van der Waals surface area contributed by atoms with Crippen LogP contribution in [0.2, 0.25) is 0 Å². The van der Waals surface area contributed by atoms with Gasteiger partial charge in [-0.1, -0.05) is 158 Å². The third-order valence-electron chi connectivity index (χ3n) is 12.5. The van der Waals surface area contributed by atoms with Gasteiger partial charge in [0.25, 0.3) is 0 Å². The van der Waals surface area contributed by atoms with Crippen molar-refractivity contribution in [1.29, 1.82) is 0 Å². The Bertz CT molecular complexity index is 3290. The highest BCUT2D eigenvalue weighted by molar-refractivity contribution is 6.25. The fourth-order valence-corrected chi connectivity index (χ4v) is 9.88. The molecular formula is C54H34O2. The van der Waals surface area contributed by atoms with E-state index in [-0.39, 0.29) is 11.5 Å². The molecule has 0 aliphatic heterocycles. The molecule has 2 heteroatoms. The summed E-state index contributed by atoms with van der Waals surface area (Å²) in [5.74, 6) is 0.407. The summed E-state index contributed by atoms with van der Waals surface area (Å²) in [5.41, 5.74) is 5.31. The Balaban J connectivity index is 1.06. The predicted octanol–water partition coefficient (Wildman–Crippen LogP) is 14.0. The molecule has 12 rings (SSSR count). The van der Waals surface area contributed by atoms with Gasteiger partial charge in [-0.2, -0.15) is 0 Å². The van der Waals surface area contributed by atoms with Crippen molar-refractivity contribution >= 4 is 86.2 Å². The number of benzene rings is 12. The lowest BCUT2D eigenvalue weighted by molar-refractivity contribution is 0.464. The Morgan fingerprint density at radius 1 is 0.268 bits per heavy atom. The zero-order valence-corrected chi connectivity index (χ0v) is 30.5. The van der Waals surface area contributed by atoms with Crippen LogP contribution in [0.5, 0.6) is 11.5 Å².